The maximum absolute atomic E-state index is 12.9. The molecule has 0 aliphatic carbocycles. The molecule has 1 amide bonds. The number of aldehydes is 2. The lowest BCUT2D eigenvalue weighted by Gasteiger charge is -2.38. The van der Waals surface area contributed by atoms with Crippen LogP contribution in [0.1, 0.15) is 48.5 Å². The Hall–Kier alpha value is -2.17. The first-order valence-electron chi connectivity index (χ1n) is 13.2. The number of hydrogen-bond acceptors (Lipinski definition) is 8. The van der Waals surface area contributed by atoms with Gasteiger partial charge in [0.05, 0.1) is 19.1 Å². The highest BCUT2D eigenvalue weighted by Gasteiger charge is 2.32. The molecule has 0 saturated carbocycles. The van der Waals surface area contributed by atoms with Gasteiger partial charge in [0.25, 0.3) is 0 Å². The van der Waals surface area contributed by atoms with Crippen LogP contribution >= 0.6 is 0 Å². The highest BCUT2D eigenvalue weighted by atomic mass is 16.5. The summed E-state index contributed by atoms with van der Waals surface area (Å²) in [5.74, 6) is -0.0871. The van der Waals surface area contributed by atoms with Crippen LogP contribution in [0.15, 0.2) is 18.2 Å². The lowest BCUT2D eigenvalue weighted by Crippen LogP contribution is -2.53. The maximum atomic E-state index is 12.9. The van der Waals surface area contributed by atoms with Gasteiger partial charge in [-0.25, -0.2) is 0 Å². The van der Waals surface area contributed by atoms with Crippen molar-refractivity contribution in [3.05, 3.63) is 29.3 Å². The van der Waals surface area contributed by atoms with Crippen molar-refractivity contribution >= 4 is 24.2 Å². The number of nitrogens with one attached hydrogen (secondary N) is 1. The zero-order chi connectivity index (χ0) is 25.9. The first kappa shape index (κ1) is 28.4. The minimum Gasteiger partial charge on any atom is -0.379 e. The zero-order valence-corrected chi connectivity index (χ0v) is 21.9. The molecule has 1 unspecified atom stereocenters. The molecule has 0 radical (unpaired) electrons. The maximum Gasteiger partial charge on any atom is 0.230 e. The number of hydrogen-bond donors (Lipinski definition) is 2. The van der Waals surface area contributed by atoms with Gasteiger partial charge >= 0.3 is 0 Å². The molecule has 1 aromatic carbocycles. The summed E-state index contributed by atoms with van der Waals surface area (Å²) in [7, 11) is 1.97. The number of carbonyl (C=O) groups excluding carboxylic acids is 3. The van der Waals surface area contributed by atoms with E-state index in [4.69, 9.17) is 10.5 Å². The van der Waals surface area contributed by atoms with Gasteiger partial charge in [-0.15, -0.1) is 0 Å². The number of amides is 1. The fourth-order valence-corrected chi connectivity index (χ4v) is 4.76. The van der Waals surface area contributed by atoms with E-state index in [9.17, 15) is 14.4 Å². The minimum absolute atomic E-state index is 0.0172. The Balaban J connectivity index is 1.40. The predicted octanol–water partition coefficient (Wildman–Crippen LogP) is 1.61. The van der Waals surface area contributed by atoms with Gasteiger partial charge in [0.15, 0.2) is 0 Å². The van der Waals surface area contributed by atoms with E-state index < -0.39 is 0 Å². The summed E-state index contributed by atoms with van der Waals surface area (Å²) in [5, 5.41) is 3.06. The zero-order valence-electron chi connectivity index (χ0n) is 21.9. The molecule has 1 aromatic rings. The van der Waals surface area contributed by atoms with E-state index in [0.717, 1.165) is 70.2 Å². The van der Waals surface area contributed by atoms with Gasteiger partial charge in [-0.3, -0.25) is 19.4 Å². The number of nitrogens with zero attached hydrogens (tertiary/aromatic N) is 3. The largest absolute Gasteiger partial charge is 0.379 e. The van der Waals surface area contributed by atoms with Crippen molar-refractivity contribution in [2.75, 3.05) is 64.8 Å². The van der Waals surface area contributed by atoms with Crippen LogP contribution in [-0.4, -0.2) is 105 Å². The molecule has 200 valence electrons. The van der Waals surface area contributed by atoms with E-state index in [2.05, 4.69) is 26.9 Å². The monoisotopic (exact) mass is 501 g/mol. The van der Waals surface area contributed by atoms with Crippen LogP contribution in [0.4, 0.5) is 5.69 Å². The van der Waals surface area contributed by atoms with Crippen molar-refractivity contribution in [2.24, 2.45) is 11.7 Å². The van der Waals surface area contributed by atoms with Gasteiger partial charge in [-0.05, 0) is 52.4 Å². The minimum atomic E-state index is -0.0699. The van der Waals surface area contributed by atoms with Gasteiger partial charge in [0, 0.05) is 68.0 Å². The third kappa shape index (κ3) is 8.45. The number of nitrogens with two attached hydrogens (primary N) is 1. The predicted molar refractivity (Wildman–Crippen MR) is 141 cm³/mol. The molecule has 0 spiro atoms. The number of piperidine rings is 1. The Bertz CT molecular complexity index is 853. The normalized spacial score (nSPS) is 18.7. The molecule has 3 N–H and O–H groups in total. The van der Waals surface area contributed by atoms with E-state index in [0.29, 0.717) is 50.0 Å². The van der Waals surface area contributed by atoms with Crippen LogP contribution in [0.2, 0.25) is 0 Å². The molecule has 1 atom stereocenters. The molecule has 36 heavy (non-hydrogen) atoms. The number of benzene rings is 1. The van der Waals surface area contributed by atoms with Crippen molar-refractivity contribution in [3.8, 4) is 0 Å². The van der Waals surface area contributed by atoms with E-state index in [1.54, 1.807) is 12.1 Å². The van der Waals surface area contributed by atoms with Gasteiger partial charge < -0.3 is 25.5 Å². The average Bonchev–Trinajstić information content (AvgIpc) is 2.85. The fraction of sp³-hybridized carbons (Fsp3) is 0.667. The quantitative estimate of drug-likeness (QED) is 0.276. The summed E-state index contributed by atoms with van der Waals surface area (Å²) < 4.78 is 5.81. The fourth-order valence-electron chi connectivity index (χ4n) is 4.76. The number of ether oxygens (including phenoxy) is 1. The lowest BCUT2D eigenvalue weighted by molar-refractivity contribution is -0.125. The number of rotatable bonds is 15. The number of likely N-dealkylation sites (tertiary alicyclic amines) is 2. The third-order valence-corrected chi connectivity index (χ3v) is 7.52. The molecule has 0 bridgehead atoms. The second-order valence-electron chi connectivity index (χ2n) is 10.2. The van der Waals surface area contributed by atoms with E-state index >= 15 is 0 Å². The summed E-state index contributed by atoms with van der Waals surface area (Å²) in [6.45, 7) is 9.28. The third-order valence-electron chi connectivity index (χ3n) is 7.52. The van der Waals surface area contributed by atoms with Crippen LogP contribution in [0.25, 0.3) is 0 Å². The molecule has 2 heterocycles. The Labute approximate surface area is 215 Å². The molecule has 0 aromatic heterocycles. The highest BCUT2D eigenvalue weighted by Crippen LogP contribution is 2.24. The van der Waals surface area contributed by atoms with Crippen LogP contribution in [-0.2, 0) is 20.9 Å². The van der Waals surface area contributed by atoms with Gasteiger partial charge in [-0.1, -0.05) is 12.1 Å². The lowest BCUT2D eigenvalue weighted by atomic mass is 9.98. The van der Waals surface area contributed by atoms with Crippen LogP contribution in [0.3, 0.4) is 0 Å². The summed E-state index contributed by atoms with van der Waals surface area (Å²) in [6.07, 6.45) is 5.14. The Morgan fingerprint density at radius 3 is 2.56 bits per heavy atom. The van der Waals surface area contributed by atoms with Crippen LogP contribution in [0, 0.1) is 5.92 Å². The Morgan fingerprint density at radius 1 is 1.19 bits per heavy atom. The van der Waals surface area contributed by atoms with Gasteiger partial charge in [-0.2, -0.15) is 0 Å². The van der Waals surface area contributed by atoms with Crippen LogP contribution < -0.4 is 11.1 Å². The molecular weight excluding hydrogens is 458 g/mol. The van der Waals surface area contributed by atoms with Crippen molar-refractivity contribution in [3.63, 3.8) is 0 Å². The molecule has 3 rings (SSSR count). The standard InChI is InChI=1S/C27H43N5O4/c1-21(5-4-14-33)30(2)19-25-22(20-34)6-3-7-26(25)29-27(35)23-17-32(18-23)13-16-36-15-12-31-10-8-24(28)9-11-31/h3,6-7,14,20-21,23-24H,4-5,8-13,15-19,28H2,1-2H3,(H,29,35). The average molecular weight is 502 g/mol. The highest BCUT2D eigenvalue weighted by molar-refractivity contribution is 5.95. The molecular formula is C27H43N5O4. The van der Waals surface area contributed by atoms with Crippen LogP contribution in [0.5, 0.6) is 0 Å². The molecule has 9 heteroatoms. The van der Waals surface area contributed by atoms with Crippen molar-refractivity contribution in [2.45, 2.75) is 51.2 Å². The Morgan fingerprint density at radius 2 is 1.89 bits per heavy atom. The first-order chi connectivity index (χ1) is 17.4. The molecule has 2 saturated heterocycles. The summed E-state index contributed by atoms with van der Waals surface area (Å²) in [4.78, 5) is 42.0. The topological polar surface area (TPSA) is 108 Å². The van der Waals surface area contributed by atoms with E-state index in [-0.39, 0.29) is 17.9 Å². The summed E-state index contributed by atoms with van der Waals surface area (Å²) in [5.41, 5.74) is 8.01. The van der Waals surface area contributed by atoms with Crippen molar-refractivity contribution in [1.82, 2.24) is 14.7 Å². The summed E-state index contributed by atoms with van der Waals surface area (Å²) in [6, 6.07) is 5.95. The van der Waals surface area contributed by atoms with Gasteiger partial charge in [0.2, 0.25) is 5.91 Å². The first-order valence-corrected chi connectivity index (χ1v) is 13.2. The molecule has 2 aliphatic rings. The molecule has 2 aliphatic heterocycles. The Kier molecular flexibility index (Phi) is 11.5. The van der Waals surface area contributed by atoms with Crippen molar-refractivity contribution < 1.29 is 19.1 Å². The molecule has 2 fully saturated rings. The second kappa shape index (κ2) is 14.5. The number of carbonyl (C=O) groups is 3. The second-order valence-corrected chi connectivity index (χ2v) is 10.2. The smallest absolute Gasteiger partial charge is 0.230 e. The van der Waals surface area contributed by atoms with E-state index in [1.165, 1.54) is 0 Å². The SMILES string of the molecule is CC(CCC=O)N(C)Cc1c(C=O)cccc1NC(=O)C1CN(CCOCCN2CCC(N)CC2)C1. The van der Waals surface area contributed by atoms with E-state index in [1.807, 2.05) is 13.1 Å². The van der Waals surface area contributed by atoms with Crippen molar-refractivity contribution in [1.29, 1.82) is 0 Å². The number of anilines is 1. The summed E-state index contributed by atoms with van der Waals surface area (Å²) >= 11 is 0. The van der Waals surface area contributed by atoms with Gasteiger partial charge in [0.1, 0.15) is 12.6 Å². The molecule has 9 nitrogen and oxygen atoms in total.